The van der Waals surface area contributed by atoms with Gasteiger partial charge in [-0.05, 0) is 18.1 Å². The molecular weight excluding hydrogens is 288 g/mol. The number of nitrogens with zero attached hydrogens (tertiary/aromatic N) is 2. The van der Waals surface area contributed by atoms with E-state index in [4.69, 9.17) is 0 Å². The van der Waals surface area contributed by atoms with Crippen molar-refractivity contribution in [2.75, 3.05) is 7.05 Å². The number of likely N-dealkylation sites (N-methyl/N-ethyl adjacent to an activating group) is 1. The van der Waals surface area contributed by atoms with Gasteiger partial charge in [0, 0.05) is 7.05 Å². The van der Waals surface area contributed by atoms with Crippen LogP contribution in [0.4, 0.5) is 4.79 Å². The van der Waals surface area contributed by atoms with Crippen LogP contribution in [0.1, 0.15) is 24.1 Å². The maximum atomic E-state index is 12.8. The van der Waals surface area contributed by atoms with Crippen molar-refractivity contribution < 1.29 is 9.59 Å². The molecule has 1 fully saturated rings. The van der Waals surface area contributed by atoms with E-state index in [0.29, 0.717) is 0 Å². The van der Waals surface area contributed by atoms with E-state index in [-0.39, 0.29) is 30.4 Å². The summed E-state index contributed by atoms with van der Waals surface area (Å²) in [5.74, 6) is -0.161. The first-order chi connectivity index (χ1) is 11.1. The van der Waals surface area contributed by atoms with E-state index in [1.54, 1.807) is 11.9 Å². The van der Waals surface area contributed by atoms with Crippen molar-refractivity contribution in [2.45, 2.75) is 25.4 Å². The molecule has 0 N–H and O–H groups in total. The highest BCUT2D eigenvalue weighted by atomic mass is 16.2. The van der Waals surface area contributed by atoms with Crippen molar-refractivity contribution in [1.82, 2.24) is 9.80 Å². The first-order valence-electron chi connectivity index (χ1n) is 7.77. The molecular formula is C19H20N2O2. The van der Waals surface area contributed by atoms with Gasteiger partial charge in [0.2, 0.25) is 5.91 Å². The predicted molar refractivity (Wildman–Crippen MR) is 88.8 cm³/mol. The van der Waals surface area contributed by atoms with E-state index in [2.05, 4.69) is 0 Å². The summed E-state index contributed by atoms with van der Waals surface area (Å²) in [6.45, 7) is 1.98. The molecule has 0 aliphatic carbocycles. The van der Waals surface area contributed by atoms with Crippen LogP contribution in [0.5, 0.6) is 0 Å². The lowest BCUT2D eigenvalue weighted by Gasteiger charge is -2.24. The zero-order valence-corrected chi connectivity index (χ0v) is 13.3. The molecule has 0 unspecified atom stereocenters. The molecule has 2 aromatic rings. The molecule has 2 aromatic carbocycles. The second kappa shape index (κ2) is 6.24. The molecule has 0 spiro atoms. The third kappa shape index (κ3) is 2.84. The SMILES string of the molecule is C[C@H]1[C@@H](c2ccccc2)N(C(=O)Cc2ccccc2)C(=O)N1C. The summed E-state index contributed by atoms with van der Waals surface area (Å²) >= 11 is 0. The third-order valence-corrected chi connectivity index (χ3v) is 4.46. The molecule has 0 saturated carbocycles. The number of carbonyl (C=O) groups excluding carboxylic acids is 2. The number of hydrogen-bond acceptors (Lipinski definition) is 2. The van der Waals surface area contributed by atoms with Crippen LogP contribution in [0.3, 0.4) is 0 Å². The van der Waals surface area contributed by atoms with Gasteiger partial charge in [-0.3, -0.25) is 9.69 Å². The van der Waals surface area contributed by atoms with Crippen molar-refractivity contribution >= 4 is 11.9 Å². The van der Waals surface area contributed by atoms with E-state index in [1.165, 1.54) is 4.90 Å². The third-order valence-electron chi connectivity index (χ3n) is 4.46. The van der Waals surface area contributed by atoms with Crippen LogP contribution in [0.2, 0.25) is 0 Å². The van der Waals surface area contributed by atoms with Crippen LogP contribution in [0.15, 0.2) is 60.7 Å². The quantitative estimate of drug-likeness (QED) is 0.873. The standard InChI is InChI=1S/C19H20N2O2/c1-14-18(16-11-7-4-8-12-16)21(19(23)20(14)2)17(22)13-15-9-5-3-6-10-15/h3-12,14,18H,13H2,1-2H3/t14-,18-/m0/s1. The number of rotatable bonds is 3. The highest BCUT2D eigenvalue weighted by molar-refractivity contribution is 5.97. The van der Waals surface area contributed by atoms with Crippen LogP contribution in [0, 0.1) is 0 Å². The fourth-order valence-electron chi connectivity index (χ4n) is 3.09. The Balaban J connectivity index is 1.91. The summed E-state index contributed by atoms with van der Waals surface area (Å²) < 4.78 is 0. The summed E-state index contributed by atoms with van der Waals surface area (Å²) in [5, 5.41) is 0. The molecule has 3 amide bonds. The van der Waals surface area contributed by atoms with Crippen molar-refractivity contribution in [3.8, 4) is 0 Å². The molecule has 4 nitrogen and oxygen atoms in total. The highest BCUT2D eigenvalue weighted by Crippen LogP contribution is 2.34. The first-order valence-corrected chi connectivity index (χ1v) is 7.77. The van der Waals surface area contributed by atoms with Crippen molar-refractivity contribution in [3.05, 3.63) is 71.8 Å². The van der Waals surface area contributed by atoms with Crippen molar-refractivity contribution in [1.29, 1.82) is 0 Å². The lowest BCUT2D eigenvalue weighted by atomic mass is 10.00. The van der Waals surface area contributed by atoms with Crippen LogP contribution >= 0.6 is 0 Å². The fraction of sp³-hybridized carbons (Fsp3) is 0.263. The maximum absolute atomic E-state index is 12.8. The Hall–Kier alpha value is -2.62. The highest BCUT2D eigenvalue weighted by Gasteiger charge is 2.45. The normalized spacial score (nSPS) is 20.9. The van der Waals surface area contributed by atoms with Crippen LogP contribution in [0.25, 0.3) is 0 Å². The summed E-state index contributed by atoms with van der Waals surface area (Å²) in [6, 6.07) is 18.7. The van der Waals surface area contributed by atoms with Gasteiger partial charge in [-0.2, -0.15) is 0 Å². The van der Waals surface area contributed by atoms with E-state index in [0.717, 1.165) is 11.1 Å². The molecule has 23 heavy (non-hydrogen) atoms. The summed E-state index contributed by atoms with van der Waals surface area (Å²) in [4.78, 5) is 28.4. The second-order valence-corrected chi connectivity index (χ2v) is 5.92. The van der Waals surface area contributed by atoms with Crippen molar-refractivity contribution in [2.24, 2.45) is 0 Å². The van der Waals surface area contributed by atoms with Gasteiger partial charge in [-0.25, -0.2) is 4.79 Å². The van der Waals surface area contributed by atoms with Gasteiger partial charge in [0.1, 0.15) is 0 Å². The molecule has 2 atom stereocenters. The Labute approximate surface area is 136 Å². The Bertz CT molecular complexity index is 700. The van der Waals surface area contributed by atoms with Gasteiger partial charge >= 0.3 is 6.03 Å². The maximum Gasteiger partial charge on any atom is 0.327 e. The molecule has 0 aromatic heterocycles. The minimum absolute atomic E-state index is 0.0513. The summed E-state index contributed by atoms with van der Waals surface area (Å²) in [7, 11) is 1.75. The topological polar surface area (TPSA) is 40.6 Å². The number of urea groups is 1. The zero-order valence-electron chi connectivity index (χ0n) is 13.3. The molecule has 0 bridgehead atoms. The average Bonchev–Trinajstić information content (AvgIpc) is 2.81. The van der Waals surface area contributed by atoms with Crippen LogP contribution in [-0.4, -0.2) is 34.8 Å². The molecule has 1 heterocycles. The largest absolute Gasteiger partial charge is 0.327 e. The predicted octanol–water partition coefficient (Wildman–Crippen LogP) is 3.25. The summed E-state index contributed by atoms with van der Waals surface area (Å²) in [5.41, 5.74) is 1.90. The van der Waals surface area contributed by atoms with Crippen LogP contribution < -0.4 is 0 Å². The van der Waals surface area contributed by atoms with Gasteiger partial charge in [-0.1, -0.05) is 60.7 Å². The second-order valence-electron chi connectivity index (χ2n) is 5.92. The van der Waals surface area contributed by atoms with Gasteiger partial charge in [0.15, 0.2) is 0 Å². The number of imide groups is 1. The minimum Gasteiger partial charge on any atom is -0.322 e. The number of benzene rings is 2. The molecule has 1 aliphatic heterocycles. The number of amides is 3. The van der Waals surface area contributed by atoms with Gasteiger partial charge in [0.25, 0.3) is 0 Å². The van der Waals surface area contributed by atoms with E-state index in [1.807, 2.05) is 67.6 Å². The first kappa shape index (κ1) is 15.3. The molecule has 118 valence electrons. The van der Waals surface area contributed by atoms with E-state index in [9.17, 15) is 9.59 Å². The fourth-order valence-corrected chi connectivity index (χ4v) is 3.09. The lowest BCUT2D eigenvalue weighted by molar-refractivity contribution is -0.128. The zero-order chi connectivity index (χ0) is 16.4. The number of carbonyl (C=O) groups is 2. The molecule has 0 radical (unpaired) electrons. The van der Waals surface area contributed by atoms with E-state index < -0.39 is 0 Å². The van der Waals surface area contributed by atoms with Gasteiger partial charge < -0.3 is 4.90 Å². The average molecular weight is 308 g/mol. The molecule has 3 rings (SSSR count). The summed E-state index contributed by atoms with van der Waals surface area (Å²) in [6.07, 6.45) is 0.233. The Morgan fingerprint density at radius 3 is 2.17 bits per heavy atom. The lowest BCUT2D eigenvalue weighted by Crippen LogP contribution is -2.37. The Morgan fingerprint density at radius 2 is 1.57 bits per heavy atom. The van der Waals surface area contributed by atoms with Crippen LogP contribution in [-0.2, 0) is 11.2 Å². The van der Waals surface area contributed by atoms with Gasteiger partial charge in [0.05, 0.1) is 18.5 Å². The van der Waals surface area contributed by atoms with Gasteiger partial charge in [-0.15, -0.1) is 0 Å². The Kier molecular flexibility index (Phi) is 4.15. The minimum atomic E-state index is -0.245. The monoisotopic (exact) mass is 308 g/mol. The van der Waals surface area contributed by atoms with Crippen molar-refractivity contribution in [3.63, 3.8) is 0 Å². The Morgan fingerprint density at radius 1 is 1.00 bits per heavy atom. The number of hydrogen-bond donors (Lipinski definition) is 0. The molecule has 1 aliphatic rings. The molecule has 4 heteroatoms. The van der Waals surface area contributed by atoms with E-state index >= 15 is 0 Å². The molecule has 1 saturated heterocycles. The smallest absolute Gasteiger partial charge is 0.322 e.